The number of ether oxygens (including phenoxy) is 2. The highest BCUT2D eigenvalue weighted by Crippen LogP contribution is 2.40. The summed E-state index contributed by atoms with van der Waals surface area (Å²) in [5.41, 5.74) is 2.10. The van der Waals surface area contributed by atoms with E-state index in [4.69, 9.17) is 9.47 Å². The molecule has 1 aromatic carbocycles. The summed E-state index contributed by atoms with van der Waals surface area (Å²) in [5.74, 6) is 5.54. The van der Waals surface area contributed by atoms with E-state index in [-0.39, 0.29) is 0 Å². The van der Waals surface area contributed by atoms with E-state index in [9.17, 15) is 5.11 Å². The largest absolute Gasteiger partial charge is 0.491 e. The van der Waals surface area contributed by atoms with Crippen LogP contribution in [0.15, 0.2) is 16.6 Å². The standard InChI is InChI=1S/C14H19BrO2S.C6H10OS/c1-10-7-12(8-11(2)13(10)15)17-9-14(16)3-5-18-6-4-14;1-3-8-4-2-6(1)5-7-6/h7-8,16H,3-6,9H2,1-2H3;1-5H2. The first kappa shape index (κ1) is 20.8. The third-order valence-electron chi connectivity index (χ3n) is 5.30. The molecule has 3 fully saturated rings. The monoisotopic (exact) mass is 460 g/mol. The van der Waals surface area contributed by atoms with Crippen LogP contribution in [0, 0.1) is 13.8 Å². The summed E-state index contributed by atoms with van der Waals surface area (Å²) in [6.45, 7) is 5.55. The fraction of sp³-hybridized carbons (Fsp3) is 0.700. The van der Waals surface area contributed by atoms with Crippen molar-refractivity contribution < 1.29 is 14.6 Å². The molecular formula is C20H29BrO3S2. The van der Waals surface area contributed by atoms with Gasteiger partial charge in [0.05, 0.1) is 12.2 Å². The lowest BCUT2D eigenvalue weighted by atomic mass is 9.98. The van der Waals surface area contributed by atoms with E-state index in [0.29, 0.717) is 12.2 Å². The van der Waals surface area contributed by atoms with Gasteiger partial charge >= 0.3 is 0 Å². The first-order valence-electron chi connectivity index (χ1n) is 9.33. The number of epoxide rings is 1. The van der Waals surface area contributed by atoms with Crippen LogP contribution in [0.25, 0.3) is 0 Å². The van der Waals surface area contributed by atoms with Crippen molar-refractivity contribution >= 4 is 39.5 Å². The molecule has 3 heterocycles. The van der Waals surface area contributed by atoms with Crippen molar-refractivity contribution in [2.24, 2.45) is 0 Å². The summed E-state index contributed by atoms with van der Waals surface area (Å²) in [6, 6.07) is 4.02. The maximum Gasteiger partial charge on any atom is 0.120 e. The van der Waals surface area contributed by atoms with E-state index in [0.717, 1.165) is 52.3 Å². The molecule has 3 nitrogen and oxygen atoms in total. The lowest BCUT2D eigenvalue weighted by molar-refractivity contribution is -0.0116. The molecule has 1 spiro atoms. The van der Waals surface area contributed by atoms with Gasteiger partial charge in [0, 0.05) is 4.47 Å². The average molecular weight is 461 g/mol. The van der Waals surface area contributed by atoms with Crippen molar-refractivity contribution in [3.63, 3.8) is 0 Å². The maximum atomic E-state index is 10.4. The molecular weight excluding hydrogens is 432 g/mol. The van der Waals surface area contributed by atoms with Gasteiger partial charge in [-0.05, 0) is 85.8 Å². The smallest absolute Gasteiger partial charge is 0.120 e. The predicted molar refractivity (Wildman–Crippen MR) is 116 cm³/mol. The molecule has 0 aromatic heterocycles. The number of halogens is 1. The molecule has 1 N–H and O–H groups in total. The van der Waals surface area contributed by atoms with Crippen molar-refractivity contribution in [3.8, 4) is 5.75 Å². The summed E-state index contributed by atoms with van der Waals surface area (Å²) in [4.78, 5) is 0. The molecule has 4 rings (SSSR count). The van der Waals surface area contributed by atoms with Crippen molar-refractivity contribution in [1.29, 1.82) is 0 Å². The van der Waals surface area contributed by atoms with Gasteiger partial charge in [-0.15, -0.1) is 0 Å². The van der Waals surface area contributed by atoms with Crippen LogP contribution >= 0.6 is 39.5 Å². The van der Waals surface area contributed by atoms with E-state index in [2.05, 4.69) is 41.5 Å². The second-order valence-corrected chi connectivity index (χ2v) is 10.8. The zero-order valence-electron chi connectivity index (χ0n) is 15.7. The molecule has 146 valence electrons. The van der Waals surface area contributed by atoms with Crippen LogP contribution in [0.4, 0.5) is 0 Å². The Morgan fingerprint density at radius 2 is 1.54 bits per heavy atom. The first-order chi connectivity index (χ1) is 12.4. The predicted octanol–water partition coefficient (Wildman–Crippen LogP) is 4.99. The molecule has 26 heavy (non-hydrogen) atoms. The Balaban J connectivity index is 0.000000201. The second-order valence-electron chi connectivity index (χ2n) is 7.58. The maximum absolute atomic E-state index is 10.4. The van der Waals surface area contributed by atoms with E-state index in [1.54, 1.807) is 0 Å². The molecule has 0 aliphatic carbocycles. The topological polar surface area (TPSA) is 42.0 Å². The quantitative estimate of drug-likeness (QED) is 0.643. The molecule has 0 amide bonds. The minimum atomic E-state index is -0.639. The molecule has 6 heteroatoms. The minimum absolute atomic E-state index is 0.397. The third-order valence-corrected chi connectivity index (χ3v) is 8.52. The molecule has 0 unspecified atom stereocenters. The Morgan fingerprint density at radius 1 is 1.04 bits per heavy atom. The van der Waals surface area contributed by atoms with Gasteiger partial charge in [-0.3, -0.25) is 0 Å². The highest BCUT2D eigenvalue weighted by atomic mass is 79.9. The summed E-state index contributed by atoms with van der Waals surface area (Å²) >= 11 is 7.51. The highest BCUT2D eigenvalue weighted by molar-refractivity contribution is 9.10. The van der Waals surface area contributed by atoms with Crippen LogP contribution < -0.4 is 4.74 Å². The normalized spacial score (nSPS) is 23.1. The lowest BCUT2D eigenvalue weighted by Gasteiger charge is -2.31. The Labute approximate surface area is 174 Å². The number of hydrogen-bond donors (Lipinski definition) is 1. The molecule has 3 saturated heterocycles. The Bertz CT molecular complexity index is 582. The van der Waals surface area contributed by atoms with Crippen LogP contribution in [0.1, 0.15) is 36.8 Å². The van der Waals surface area contributed by atoms with Gasteiger partial charge in [0.2, 0.25) is 0 Å². The number of aryl methyl sites for hydroxylation is 2. The minimum Gasteiger partial charge on any atom is -0.491 e. The Kier molecular flexibility index (Phi) is 7.28. The number of hydrogen-bond acceptors (Lipinski definition) is 5. The van der Waals surface area contributed by atoms with Gasteiger partial charge in [-0.1, -0.05) is 15.9 Å². The van der Waals surface area contributed by atoms with E-state index < -0.39 is 5.60 Å². The van der Waals surface area contributed by atoms with Gasteiger partial charge in [0.25, 0.3) is 0 Å². The van der Waals surface area contributed by atoms with E-state index >= 15 is 0 Å². The molecule has 1 aromatic rings. The van der Waals surface area contributed by atoms with E-state index in [1.807, 2.05) is 23.9 Å². The number of thioether (sulfide) groups is 2. The number of rotatable bonds is 3. The summed E-state index contributed by atoms with van der Waals surface area (Å²) < 4.78 is 12.2. The molecule has 0 radical (unpaired) electrons. The second kappa shape index (κ2) is 9.08. The van der Waals surface area contributed by atoms with Crippen molar-refractivity contribution in [1.82, 2.24) is 0 Å². The van der Waals surface area contributed by atoms with Crippen LogP contribution in [-0.2, 0) is 4.74 Å². The summed E-state index contributed by atoms with van der Waals surface area (Å²) in [5, 5.41) is 10.4. The van der Waals surface area contributed by atoms with Crippen molar-refractivity contribution in [2.75, 3.05) is 36.2 Å². The summed E-state index contributed by atoms with van der Waals surface area (Å²) in [6.07, 6.45) is 4.26. The van der Waals surface area contributed by atoms with Crippen LogP contribution in [0.5, 0.6) is 5.75 Å². The van der Waals surface area contributed by atoms with Gasteiger partial charge in [0.15, 0.2) is 0 Å². The molecule has 3 aliphatic rings. The first-order valence-corrected chi connectivity index (χ1v) is 12.4. The molecule has 0 saturated carbocycles. The zero-order valence-corrected chi connectivity index (χ0v) is 18.9. The summed E-state index contributed by atoms with van der Waals surface area (Å²) in [7, 11) is 0. The Morgan fingerprint density at radius 3 is 2.00 bits per heavy atom. The van der Waals surface area contributed by atoms with Gasteiger partial charge in [0.1, 0.15) is 18.0 Å². The highest BCUT2D eigenvalue weighted by Gasteiger charge is 2.44. The van der Waals surface area contributed by atoms with Crippen molar-refractivity contribution in [2.45, 2.75) is 50.7 Å². The van der Waals surface area contributed by atoms with E-state index in [1.165, 1.54) is 24.3 Å². The Hall–Kier alpha value is 0.120. The fourth-order valence-corrected chi connectivity index (χ4v) is 5.96. The molecule has 0 atom stereocenters. The van der Waals surface area contributed by atoms with Crippen LogP contribution in [0.3, 0.4) is 0 Å². The van der Waals surface area contributed by atoms with Crippen molar-refractivity contribution in [3.05, 3.63) is 27.7 Å². The molecule has 0 bridgehead atoms. The average Bonchev–Trinajstić information content (AvgIpc) is 3.38. The van der Waals surface area contributed by atoms with Crippen LogP contribution in [0.2, 0.25) is 0 Å². The third kappa shape index (κ3) is 5.81. The zero-order chi connectivity index (χ0) is 18.6. The van der Waals surface area contributed by atoms with Gasteiger partial charge < -0.3 is 14.6 Å². The molecule has 3 aliphatic heterocycles. The van der Waals surface area contributed by atoms with Crippen LogP contribution in [-0.4, -0.2) is 52.5 Å². The number of aliphatic hydroxyl groups is 1. The number of benzene rings is 1. The lowest BCUT2D eigenvalue weighted by Crippen LogP contribution is -2.39. The van der Waals surface area contributed by atoms with Gasteiger partial charge in [-0.2, -0.15) is 23.5 Å². The SMILES string of the molecule is C1CC2(CCS1)CO2.Cc1cc(OCC2(O)CCSCC2)cc(C)c1Br. The van der Waals surface area contributed by atoms with Gasteiger partial charge in [-0.25, -0.2) is 0 Å². The fourth-order valence-electron chi connectivity index (χ4n) is 3.24.